The molecule has 1 atom stereocenters. The highest BCUT2D eigenvalue weighted by atomic mass is 19.1. The minimum absolute atomic E-state index is 0.0698. The molecule has 1 heterocycles. The van der Waals surface area contributed by atoms with Gasteiger partial charge in [0.25, 0.3) is 0 Å². The van der Waals surface area contributed by atoms with E-state index in [9.17, 15) is 9.18 Å². The average molecular weight is 463 g/mol. The first-order valence-corrected chi connectivity index (χ1v) is 12.1. The molecule has 0 saturated heterocycles. The van der Waals surface area contributed by atoms with Crippen LogP contribution in [-0.2, 0) is 9.53 Å². The molecule has 5 nitrogen and oxygen atoms in total. The van der Waals surface area contributed by atoms with Crippen LogP contribution in [0.5, 0.6) is 5.75 Å². The Labute approximate surface area is 199 Å². The molecule has 1 spiro atoms. The Morgan fingerprint density at radius 2 is 1.91 bits per heavy atom. The van der Waals surface area contributed by atoms with Crippen LogP contribution >= 0.6 is 0 Å². The third-order valence-corrected chi connectivity index (χ3v) is 7.66. The van der Waals surface area contributed by atoms with Crippen molar-refractivity contribution in [2.75, 3.05) is 25.6 Å². The van der Waals surface area contributed by atoms with Crippen molar-refractivity contribution < 1.29 is 18.7 Å². The summed E-state index contributed by atoms with van der Waals surface area (Å²) in [6, 6.07) is 13.0. The second-order valence-electron chi connectivity index (χ2n) is 9.77. The Bertz CT molecular complexity index is 1190. The smallest absolute Gasteiger partial charge is 0.228 e. The molecule has 0 unspecified atom stereocenters. The Morgan fingerprint density at radius 1 is 1.15 bits per heavy atom. The molecule has 0 bridgehead atoms. The topological polar surface area (TPSA) is 60.5 Å². The quantitative estimate of drug-likeness (QED) is 0.437. The Balaban J connectivity index is 1.19. The van der Waals surface area contributed by atoms with Crippen molar-refractivity contribution in [2.24, 2.45) is 11.3 Å². The van der Waals surface area contributed by atoms with Gasteiger partial charge in [0, 0.05) is 30.3 Å². The molecule has 0 aliphatic heterocycles. The number of amides is 1. The van der Waals surface area contributed by atoms with E-state index in [1.165, 1.54) is 5.56 Å². The molecule has 1 N–H and O–H groups in total. The molecule has 3 aromatic rings. The Hall–Kier alpha value is -2.99. The molecule has 5 rings (SSSR count). The van der Waals surface area contributed by atoms with Crippen molar-refractivity contribution in [3.63, 3.8) is 0 Å². The molecule has 2 fully saturated rings. The van der Waals surface area contributed by atoms with E-state index in [-0.39, 0.29) is 23.1 Å². The molecule has 1 amide bonds. The van der Waals surface area contributed by atoms with Gasteiger partial charge in [0.2, 0.25) is 5.91 Å². The zero-order chi connectivity index (χ0) is 23.7. The Kier molecular flexibility index (Phi) is 6.26. The molecular formula is C28H31FN2O3. The number of fused-ring (bicyclic) bond motifs is 1. The van der Waals surface area contributed by atoms with Crippen molar-refractivity contribution >= 4 is 22.5 Å². The molecule has 0 radical (unpaired) electrons. The summed E-state index contributed by atoms with van der Waals surface area (Å²) in [6.07, 6.45) is 6.88. The lowest BCUT2D eigenvalue weighted by Gasteiger charge is -2.30. The number of anilines is 1. The molecule has 2 aromatic carbocycles. The number of aryl methyl sites for hydroxylation is 1. The van der Waals surface area contributed by atoms with Crippen molar-refractivity contribution in [3.8, 4) is 5.75 Å². The monoisotopic (exact) mass is 462 g/mol. The van der Waals surface area contributed by atoms with E-state index >= 15 is 0 Å². The lowest BCUT2D eigenvalue weighted by atomic mass is 9.75. The molecule has 178 valence electrons. The third-order valence-electron chi connectivity index (χ3n) is 7.66. The van der Waals surface area contributed by atoms with E-state index in [1.54, 1.807) is 20.1 Å². The minimum atomic E-state index is -0.178. The van der Waals surface area contributed by atoms with Crippen LogP contribution < -0.4 is 10.1 Å². The highest BCUT2D eigenvalue weighted by Gasteiger charge is 2.58. The van der Waals surface area contributed by atoms with E-state index < -0.39 is 0 Å². The molecule has 2 aliphatic rings. The zero-order valence-electron chi connectivity index (χ0n) is 19.8. The van der Waals surface area contributed by atoms with E-state index in [2.05, 4.69) is 10.3 Å². The number of rotatable bonds is 7. The van der Waals surface area contributed by atoms with Crippen LogP contribution in [-0.4, -0.2) is 31.2 Å². The van der Waals surface area contributed by atoms with Gasteiger partial charge in [0.05, 0.1) is 12.1 Å². The van der Waals surface area contributed by atoms with Crippen LogP contribution in [0.15, 0.2) is 48.7 Å². The van der Waals surface area contributed by atoms with Crippen LogP contribution in [0.1, 0.15) is 49.1 Å². The van der Waals surface area contributed by atoms with Crippen molar-refractivity contribution in [3.05, 3.63) is 65.6 Å². The second kappa shape index (κ2) is 9.34. The fourth-order valence-electron chi connectivity index (χ4n) is 5.53. The van der Waals surface area contributed by atoms with Gasteiger partial charge < -0.3 is 14.8 Å². The number of methoxy groups -OCH3 is 1. The second-order valence-corrected chi connectivity index (χ2v) is 9.77. The first kappa shape index (κ1) is 22.8. The number of benzene rings is 2. The largest absolute Gasteiger partial charge is 0.491 e. The zero-order valence-corrected chi connectivity index (χ0v) is 19.8. The van der Waals surface area contributed by atoms with E-state index in [0.717, 1.165) is 54.4 Å². The number of aromatic nitrogens is 1. The fourth-order valence-corrected chi connectivity index (χ4v) is 5.53. The normalized spacial score (nSPS) is 23.7. The van der Waals surface area contributed by atoms with E-state index in [4.69, 9.17) is 9.47 Å². The number of carbonyl (C=O) groups is 1. The van der Waals surface area contributed by atoms with Crippen molar-refractivity contribution in [2.45, 2.75) is 44.9 Å². The van der Waals surface area contributed by atoms with Gasteiger partial charge in [-0.05, 0) is 104 Å². The van der Waals surface area contributed by atoms with Gasteiger partial charge in [-0.2, -0.15) is 0 Å². The van der Waals surface area contributed by atoms with Crippen molar-refractivity contribution in [1.82, 2.24) is 4.98 Å². The molecule has 34 heavy (non-hydrogen) atoms. The standard InChI is InChI=1S/C28H31FN2O3/c1-18-15-26-23(16-25(18)29)22(9-12-30-26)19-7-10-28(11-8-19)17-24(28)27(32)31-20-3-5-21(6-4-20)34-14-13-33-2/h3-6,9,12,15-16,19,24H,7-8,10-11,13-14,17H2,1-2H3,(H,31,32)/t19?,24-,28?/m1/s1. The maximum absolute atomic E-state index is 14.3. The van der Waals surface area contributed by atoms with E-state index in [1.807, 2.05) is 42.6 Å². The van der Waals surface area contributed by atoms with Gasteiger partial charge in [0.15, 0.2) is 0 Å². The summed E-state index contributed by atoms with van der Waals surface area (Å²) in [5, 5.41) is 4.00. The summed E-state index contributed by atoms with van der Waals surface area (Å²) in [7, 11) is 1.64. The molecule has 2 aliphatic carbocycles. The van der Waals surface area contributed by atoms with Crippen molar-refractivity contribution in [1.29, 1.82) is 0 Å². The van der Waals surface area contributed by atoms with Gasteiger partial charge in [-0.1, -0.05) is 0 Å². The highest BCUT2D eigenvalue weighted by molar-refractivity contribution is 5.95. The minimum Gasteiger partial charge on any atom is -0.491 e. The third kappa shape index (κ3) is 4.51. The number of pyridine rings is 1. The number of carbonyl (C=O) groups excluding carboxylic acids is 1. The SMILES string of the molecule is COCCOc1ccc(NC(=O)[C@H]2CC23CCC(c2ccnc4cc(C)c(F)cc24)CC3)cc1. The summed E-state index contributed by atoms with van der Waals surface area (Å²) >= 11 is 0. The summed E-state index contributed by atoms with van der Waals surface area (Å²) in [4.78, 5) is 17.4. The Morgan fingerprint density at radius 3 is 2.65 bits per heavy atom. The number of hydrogen-bond acceptors (Lipinski definition) is 4. The lowest BCUT2D eigenvalue weighted by molar-refractivity contribution is -0.118. The first-order valence-electron chi connectivity index (χ1n) is 12.1. The maximum atomic E-state index is 14.3. The number of nitrogens with zero attached hydrogens (tertiary/aromatic N) is 1. The van der Waals surface area contributed by atoms with E-state index in [0.29, 0.717) is 24.7 Å². The lowest BCUT2D eigenvalue weighted by Crippen LogP contribution is -2.22. The maximum Gasteiger partial charge on any atom is 0.228 e. The van der Waals surface area contributed by atoms with Gasteiger partial charge in [-0.15, -0.1) is 0 Å². The number of nitrogens with one attached hydrogen (secondary N) is 1. The average Bonchev–Trinajstić information content (AvgIpc) is 3.55. The molecule has 6 heteroatoms. The molecule has 1 aromatic heterocycles. The van der Waals surface area contributed by atoms with Gasteiger partial charge >= 0.3 is 0 Å². The van der Waals surface area contributed by atoms with Gasteiger partial charge in [0.1, 0.15) is 18.2 Å². The van der Waals surface area contributed by atoms with Crippen LogP contribution in [0, 0.1) is 24.1 Å². The summed E-state index contributed by atoms with van der Waals surface area (Å²) in [5.41, 5.74) is 3.58. The van der Waals surface area contributed by atoms with Gasteiger partial charge in [-0.25, -0.2) is 4.39 Å². The fraction of sp³-hybridized carbons (Fsp3) is 0.429. The summed E-state index contributed by atoms with van der Waals surface area (Å²) in [5.74, 6) is 1.14. The highest BCUT2D eigenvalue weighted by Crippen LogP contribution is 2.63. The summed E-state index contributed by atoms with van der Waals surface area (Å²) < 4.78 is 24.8. The van der Waals surface area contributed by atoms with Crippen LogP contribution in [0.3, 0.4) is 0 Å². The van der Waals surface area contributed by atoms with Crippen LogP contribution in [0.2, 0.25) is 0 Å². The predicted octanol–water partition coefficient (Wildman–Crippen LogP) is 6.01. The predicted molar refractivity (Wildman–Crippen MR) is 131 cm³/mol. The number of ether oxygens (including phenoxy) is 2. The first-order chi connectivity index (χ1) is 16.5. The number of hydrogen-bond donors (Lipinski definition) is 1. The van der Waals surface area contributed by atoms with Crippen LogP contribution in [0.4, 0.5) is 10.1 Å². The van der Waals surface area contributed by atoms with Gasteiger partial charge in [-0.3, -0.25) is 9.78 Å². The number of halogens is 1. The molecule has 2 saturated carbocycles. The van der Waals surface area contributed by atoms with Crippen LogP contribution in [0.25, 0.3) is 10.9 Å². The summed E-state index contributed by atoms with van der Waals surface area (Å²) in [6.45, 7) is 2.81. The molecular weight excluding hydrogens is 431 g/mol.